The predicted octanol–water partition coefficient (Wildman–Crippen LogP) is 3.46. The zero-order valence-corrected chi connectivity index (χ0v) is 15.2. The standard InChI is InChI=1S/C18H17FN6O3/c1-11(26)24(2)17-10-25(18(27)28-17)14-3-4-15(16(19)8-14)12-5-6-21-13(7-12)9-22-23-20/h3-8,17H,9-10H2,1-2H3/t17-/m0/s1. The normalized spacial score (nSPS) is 15.8. The van der Waals surface area contributed by atoms with Gasteiger partial charge >= 0.3 is 6.09 Å². The molecule has 10 heteroatoms. The molecule has 1 saturated heterocycles. The van der Waals surface area contributed by atoms with Crippen molar-refractivity contribution in [3.63, 3.8) is 0 Å². The van der Waals surface area contributed by atoms with Crippen molar-refractivity contribution in [2.45, 2.75) is 19.7 Å². The lowest BCUT2D eigenvalue weighted by Gasteiger charge is -2.20. The topological polar surface area (TPSA) is 112 Å². The summed E-state index contributed by atoms with van der Waals surface area (Å²) < 4.78 is 19.9. The fourth-order valence-electron chi connectivity index (χ4n) is 2.81. The highest BCUT2D eigenvalue weighted by Gasteiger charge is 2.36. The number of cyclic esters (lactones) is 1. The average Bonchev–Trinajstić information content (AvgIpc) is 3.07. The van der Waals surface area contributed by atoms with E-state index in [4.69, 9.17) is 10.3 Å². The number of hydrogen-bond acceptors (Lipinski definition) is 5. The van der Waals surface area contributed by atoms with Gasteiger partial charge in [0, 0.05) is 36.3 Å². The Labute approximate surface area is 160 Å². The van der Waals surface area contributed by atoms with Crippen LogP contribution in [0.5, 0.6) is 0 Å². The molecule has 2 heterocycles. The van der Waals surface area contributed by atoms with Crippen LogP contribution in [0.15, 0.2) is 41.6 Å². The van der Waals surface area contributed by atoms with Crippen LogP contribution in [0, 0.1) is 5.82 Å². The molecule has 1 aromatic heterocycles. The highest BCUT2D eigenvalue weighted by Crippen LogP contribution is 2.29. The van der Waals surface area contributed by atoms with Crippen molar-refractivity contribution in [3.8, 4) is 11.1 Å². The van der Waals surface area contributed by atoms with Gasteiger partial charge in [-0.15, -0.1) is 0 Å². The van der Waals surface area contributed by atoms with E-state index in [9.17, 15) is 14.0 Å². The number of amides is 2. The van der Waals surface area contributed by atoms with Crippen LogP contribution in [0.1, 0.15) is 12.6 Å². The molecule has 1 aliphatic heterocycles. The van der Waals surface area contributed by atoms with Crippen LogP contribution in [0.25, 0.3) is 21.6 Å². The molecule has 0 spiro atoms. The van der Waals surface area contributed by atoms with Gasteiger partial charge in [0.15, 0.2) is 6.23 Å². The Bertz CT molecular complexity index is 976. The van der Waals surface area contributed by atoms with Gasteiger partial charge in [-0.3, -0.25) is 14.7 Å². The highest BCUT2D eigenvalue weighted by molar-refractivity contribution is 5.90. The lowest BCUT2D eigenvalue weighted by molar-refractivity contribution is -0.134. The molecule has 1 atom stereocenters. The minimum absolute atomic E-state index is 0.0642. The number of benzene rings is 1. The minimum atomic E-state index is -0.726. The van der Waals surface area contributed by atoms with Crippen LogP contribution >= 0.6 is 0 Å². The SMILES string of the molecule is CC(=O)N(C)[C@@H]1CN(c2ccc(-c3ccnc(CN=[N+]=[N-])c3)c(F)c2)C(=O)O1. The molecule has 3 rings (SSSR count). The number of carbonyl (C=O) groups is 2. The van der Waals surface area contributed by atoms with Gasteiger partial charge in [-0.2, -0.15) is 0 Å². The Hall–Kier alpha value is -3.65. The number of azide groups is 1. The Morgan fingerprint density at radius 2 is 2.25 bits per heavy atom. The fraction of sp³-hybridized carbons (Fsp3) is 0.278. The summed E-state index contributed by atoms with van der Waals surface area (Å²) in [6.07, 6.45) is 0.132. The Balaban J connectivity index is 1.84. The maximum absolute atomic E-state index is 14.7. The molecule has 1 fully saturated rings. The summed E-state index contributed by atoms with van der Waals surface area (Å²) >= 11 is 0. The van der Waals surface area contributed by atoms with E-state index in [0.717, 1.165) is 0 Å². The quantitative estimate of drug-likeness (QED) is 0.446. The molecule has 2 amide bonds. The first-order valence-corrected chi connectivity index (χ1v) is 8.38. The maximum Gasteiger partial charge on any atom is 0.416 e. The zero-order chi connectivity index (χ0) is 20.3. The molecule has 28 heavy (non-hydrogen) atoms. The van der Waals surface area contributed by atoms with E-state index in [1.54, 1.807) is 24.3 Å². The number of halogens is 1. The van der Waals surface area contributed by atoms with E-state index in [0.29, 0.717) is 22.5 Å². The van der Waals surface area contributed by atoms with Crippen molar-refractivity contribution in [3.05, 3.63) is 58.5 Å². The first-order chi connectivity index (χ1) is 13.4. The number of anilines is 1. The van der Waals surface area contributed by atoms with Gasteiger partial charge in [0.2, 0.25) is 5.91 Å². The van der Waals surface area contributed by atoms with Gasteiger partial charge in [-0.05, 0) is 41.4 Å². The summed E-state index contributed by atoms with van der Waals surface area (Å²) in [5.41, 5.74) is 10.1. The molecular formula is C18H17FN6O3. The smallest absolute Gasteiger partial charge is 0.416 e. The summed E-state index contributed by atoms with van der Waals surface area (Å²) in [5.74, 6) is -0.773. The largest absolute Gasteiger partial charge is 0.423 e. The van der Waals surface area contributed by atoms with E-state index in [1.165, 1.54) is 36.0 Å². The molecule has 2 aromatic rings. The Kier molecular flexibility index (Phi) is 5.42. The number of ether oxygens (including phenoxy) is 1. The monoisotopic (exact) mass is 384 g/mol. The van der Waals surface area contributed by atoms with Crippen molar-refractivity contribution >= 4 is 17.7 Å². The first kappa shape index (κ1) is 19.1. The van der Waals surface area contributed by atoms with Crippen molar-refractivity contribution < 1.29 is 18.7 Å². The highest BCUT2D eigenvalue weighted by atomic mass is 19.1. The van der Waals surface area contributed by atoms with Crippen molar-refractivity contribution in [2.24, 2.45) is 5.11 Å². The third-order valence-corrected chi connectivity index (χ3v) is 4.41. The molecule has 144 valence electrons. The second-order valence-electron chi connectivity index (χ2n) is 6.17. The van der Waals surface area contributed by atoms with Crippen LogP contribution in [-0.4, -0.2) is 41.7 Å². The van der Waals surface area contributed by atoms with Crippen LogP contribution in [0.2, 0.25) is 0 Å². The number of aromatic nitrogens is 1. The second-order valence-corrected chi connectivity index (χ2v) is 6.17. The Morgan fingerprint density at radius 3 is 2.93 bits per heavy atom. The molecule has 0 aliphatic carbocycles. The van der Waals surface area contributed by atoms with Crippen molar-refractivity contribution in [2.75, 3.05) is 18.5 Å². The predicted molar refractivity (Wildman–Crippen MR) is 98.5 cm³/mol. The van der Waals surface area contributed by atoms with Gasteiger partial charge < -0.3 is 9.64 Å². The minimum Gasteiger partial charge on any atom is -0.423 e. The summed E-state index contributed by atoms with van der Waals surface area (Å²) in [6.45, 7) is 1.55. The van der Waals surface area contributed by atoms with Crippen LogP contribution in [0.3, 0.4) is 0 Å². The molecule has 0 unspecified atom stereocenters. The molecule has 1 aromatic carbocycles. The van der Waals surface area contributed by atoms with E-state index < -0.39 is 18.1 Å². The molecular weight excluding hydrogens is 367 g/mol. The van der Waals surface area contributed by atoms with Crippen LogP contribution < -0.4 is 4.90 Å². The number of pyridine rings is 1. The molecule has 9 nitrogen and oxygen atoms in total. The maximum atomic E-state index is 14.7. The second kappa shape index (κ2) is 7.93. The third-order valence-electron chi connectivity index (χ3n) is 4.41. The van der Waals surface area contributed by atoms with Crippen LogP contribution in [-0.2, 0) is 16.1 Å². The van der Waals surface area contributed by atoms with E-state index in [1.807, 2.05) is 0 Å². The van der Waals surface area contributed by atoms with E-state index >= 15 is 0 Å². The lowest BCUT2D eigenvalue weighted by Crippen LogP contribution is -2.38. The molecule has 0 bridgehead atoms. The van der Waals surface area contributed by atoms with Gasteiger partial charge in [-0.25, -0.2) is 9.18 Å². The number of carbonyl (C=O) groups excluding carboxylic acids is 2. The van der Waals surface area contributed by atoms with E-state index in [2.05, 4.69) is 15.0 Å². The number of likely N-dealkylation sites (N-methyl/N-ethyl adjacent to an activating group) is 1. The first-order valence-electron chi connectivity index (χ1n) is 8.38. The molecule has 1 aliphatic rings. The van der Waals surface area contributed by atoms with Crippen LogP contribution in [0.4, 0.5) is 14.9 Å². The van der Waals surface area contributed by atoms with Gasteiger partial charge in [0.25, 0.3) is 0 Å². The Morgan fingerprint density at radius 1 is 1.46 bits per heavy atom. The third kappa shape index (κ3) is 3.86. The molecule has 0 saturated carbocycles. The summed E-state index contributed by atoms with van der Waals surface area (Å²) in [7, 11) is 1.53. The van der Waals surface area contributed by atoms with Gasteiger partial charge in [-0.1, -0.05) is 5.11 Å². The van der Waals surface area contributed by atoms with Crippen molar-refractivity contribution in [1.82, 2.24) is 9.88 Å². The summed E-state index contributed by atoms with van der Waals surface area (Å²) in [4.78, 5) is 32.9. The zero-order valence-electron chi connectivity index (χ0n) is 15.2. The number of hydrogen-bond donors (Lipinski definition) is 0. The van der Waals surface area contributed by atoms with Gasteiger partial charge in [0.05, 0.1) is 18.8 Å². The van der Waals surface area contributed by atoms with E-state index in [-0.39, 0.29) is 19.0 Å². The average molecular weight is 384 g/mol. The molecule has 0 radical (unpaired) electrons. The van der Waals surface area contributed by atoms with Gasteiger partial charge in [0.1, 0.15) is 5.82 Å². The number of nitrogens with zero attached hydrogens (tertiary/aromatic N) is 6. The lowest BCUT2D eigenvalue weighted by atomic mass is 10.0. The summed E-state index contributed by atoms with van der Waals surface area (Å²) in [5, 5.41) is 3.45. The molecule has 0 N–H and O–H groups in total. The van der Waals surface area contributed by atoms with Crippen molar-refractivity contribution in [1.29, 1.82) is 0 Å². The fourth-order valence-corrected chi connectivity index (χ4v) is 2.81. The summed E-state index contributed by atoms with van der Waals surface area (Å²) in [6, 6.07) is 7.66. The number of rotatable bonds is 5.